The summed E-state index contributed by atoms with van der Waals surface area (Å²) in [6.45, 7) is 0.883. The molecule has 2 amide bonds. The van der Waals surface area contributed by atoms with Crippen LogP contribution in [0.4, 0.5) is 0 Å². The molecular formula is C11H22N3O7P. The molecule has 0 aromatic heterocycles. The van der Waals surface area contributed by atoms with Crippen molar-refractivity contribution in [2.45, 2.75) is 44.4 Å². The van der Waals surface area contributed by atoms with Crippen molar-refractivity contribution < 1.29 is 33.8 Å². The van der Waals surface area contributed by atoms with Gasteiger partial charge in [0.2, 0.25) is 11.8 Å². The third-order valence-electron chi connectivity index (χ3n) is 2.84. The van der Waals surface area contributed by atoms with Gasteiger partial charge in [-0.2, -0.15) is 0 Å². The van der Waals surface area contributed by atoms with E-state index in [1.807, 2.05) is 0 Å². The molecule has 2 atom stereocenters. The van der Waals surface area contributed by atoms with E-state index in [9.17, 15) is 18.9 Å². The highest BCUT2D eigenvalue weighted by molar-refractivity contribution is 7.52. The van der Waals surface area contributed by atoms with E-state index in [0.717, 1.165) is 0 Å². The van der Waals surface area contributed by atoms with E-state index < -0.39 is 37.2 Å². The van der Waals surface area contributed by atoms with Gasteiger partial charge < -0.3 is 31.3 Å². The third kappa shape index (κ3) is 8.73. The van der Waals surface area contributed by atoms with Crippen molar-refractivity contribution in [3.63, 3.8) is 0 Å². The lowest BCUT2D eigenvalue weighted by molar-refractivity contribution is -0.141. The molecule has 0 saturated heterocycles. The molecule has 22 heavy (non-hydrogen) atoms. The SMILES string of the molecule is CC(NC(=O)CCCCC(NC(=O)CN)C(=O)O)P(=O)(O)O. The second-order valence-corrected chi connectivity index (χ2v) is 6.69. The molecule has 0 radical (unpaired) electrons. The highest BCUT2D eigenvalue weighted by Gasteiger charge is 2.25. The number of amides is 2. The maximum absolute atomic E-state index is 11.4. The van der Waals surface area contributed by atoms with E-state index in [2.05, 4.69) is 10.6 Å². The lowest BCUT2D eigenvalue weighted by atomic mass is 10.1. The van der Waals surface area contributed by atoms with Crippen LogP contribution < -0.4 is 16.4 Å². The Labute approximate surface area is 127 Å². The maximum Gasteiger partial charge on any atom is 0.347 e. The molecule has 0 bridgehead atoms. The zero-order valence-electron chi connectivity index (χ0n) is 12.2. The number of unbranched alkanes of at least 4 members (excludes halogenated alkanes) is 1. The molecule has 0 aliphatic rings. The topological polar surface area (TPSA) is 179 Å². The number of carbonyl (C=O) groups excluding carboxylic acids is 2. The van der Waals surface area contributed by atoms with Gasteiger partial charge in [0.25, 0.3) is 0 Å². The van der Waals surface area contributed by atoms with Crippen molar-refractivity contribution in [1.82, 2.24) is 10.6 Å². The van der Waals surface area contributed by atoms with Crippen molar-refractivity contribution in [2.24, 2.45) is 5.73 Å². The first kappa shape index (κ1) is 20.5. The van der Waals surface area contributed by atoms with Gasteiger partial charge in [-0.25, -0.2) is 4.79 Å². The molecule has 11 heteroatoms. The number of hydrogen-bond acceptors (Lipinski definition) is 5. The van der Waals surface area contributed by atoms with Gasteiger partial charge in [-0.3, -0.25) is 14.2 Å². The van der Waals surface area contributed by atoms with Crippen LogP contribution in [0.3, 0.4) is 0 Å². The lowest BCUT2D eigenvalue weighted by Gasteiger charge is -2.16. The number of carboxylic acids is 1. The van der Waals surface area contributed by atoms with Crippen molar-refractivity contribution in [3.8, 4) is 0 Å². The van der Waals surface area contributed by atoms with E-state index in [1.165, 1.54) is 6.92 Å². The predicted octanol–water partition coefficient (Wildman–Crippen LogP) is -1.29. The van der Waals surface area contributed by atoms with Crippen molar-refractivity contribution in [3.05, 3.63) is 0 Å². The molecule has 0 aromatic carbocycles. The van der Waals surface area contributed by atoms with Crippen LogP contribution in [-0.4, -0.2) is 51.0 Å². The largest absolute Gasteiger partial charge is 0.480 e. The fourth-order valence-electron chi connectivity index (χ4n) is 1.53. The monoisotopic (exact) mass is 339 g/mol. The van der Waals surface area contributed by atoms with Crippen LogP contribution in [0.1, 0.15) is 32.6 Å². The number of rotatable bonds is 10. The Kier molecular flexibility index (Phi) is 8.88. The Morgan fingerprint density at radius 2 is 1.73 bits per heavy atom. The highest BCUT2D eigenvalue weighted by Crippen LogP contribution is 2.39. The Morgan fingerprint density at radius 3 is 2.18 bits per heavy atom. The van der Waals surface area contributed by atoms with Crippen LogP contribution in [0.25, 0.3) is 0 Å². The van der Waals surface area contributed by atoms with Gasteiger partial charge in [-0.1, -0.05) is 6.42 Å². The second-order valence-electron chi connectivity index (χ2n) is 4.74. The van der Waals surface area contributed by atoms with E-state index >= 15 is 0 Å². The quantitative estimate of drug-likeness (QED) is 0.210. The molecule has 0 aliphatic carbocycles. The van der Waals surface area contributed by atoms with Gasteiger partial charge in [-0.05, 0) is 19.8 Å². The lowest BCUT2D eigenvalue weighted by Crippen LogP contribution is -2.43. The number of hydrogen-bond donors (Lipinski definition) is 6. The molecule has 0 rings (SSSR count). The third-order valence-corrected chi connectivity index (χ3v) is 3.98. The average Bonchev–Trinajstić information content (AvgIpc) is 2.40. The number of aliphatic carboxylic acids is 1. The number of carbonyl (C=O) groups is 3. The summed E-state index contributed by atoms with van der Waals surface area (Å²) in [6.07, 6.45) is 0.797. The number of nitrogens with two attached hydrogens (primary N) is 1. The van der Waals surface area contributed by atoms with Gasteiger partial charge in [0.1, 0.15) is 11.8 Å². The summed E-state index contributed by atoms with van der Waals surface area (Å²) in [7, 11) is -4.37. The van der Waals surface area contributed by atoms with Gasteiger partial charge >= 0.3 is 13.6 Å². The summed E-state index contributed by atoms with van der Waals surface area (Å²) < 4.78 is 10.9. The standard InChI is InChI=1S/C11H22N3O7P/c1-7(22(19,20)21)13-9(15)5-3-2-4-8(11(17)18)14-10(16)6-12/h7-8H,2-6,12H2,1H3,(H,13,15)(H,14,16)(H,17,18)(H2,19,20,21). The van der Waals surface area contributed by atoms with E-state index in [0.29, 0.717) is 12.8 Å². The fourth-order valence-corrected chi connectivity index (χ4v) is 1.85. The van der Waals surface area contributed by atoms with Crippen LogP contribution in [0, 0.1) is 0 Å². The number of carboxylic acid groups (broad SMARTS) is 1. The van der Waals surface area contributed by atoms with Crippen molar-refractivity contribution in [1.29, 1.82) is 0 Å². The first-order chi connectivity index (χ1) is 10.1. The molecule has 0 aliphatic heterocycles. The summed E-state index contributed by atoms with van der Waals surface area (Å²) in [6, 6.07) is -1.08. The zero-order valence-corrected chi connectivity index (χ0v) is 13.1. The van der Waals surface area contributed by atoms with Gasteiger partial charge in [0.15, 0.2) is 0 Å². The van der Waals surface area contributed by atoms with Crippen LogP contribution in [0.5, 0.6) is 0 Å². The molecule has 0 fully saturated rings. The summed E-state index contributed by atoms with van der Waals surface area (Å²) in [5.74, 6) is -3.58. The zero-order chi connectivity index (χ0) is 17.3. The highest BCUT2D eigenvalue weighted by atomic mass is 31.2. The Hall–Kier alpha value is -1.48. The smallest absolute Gasteiger partial charge is 0.347 e. The summed E-state index contributed by atoms with van der Waals surface area (Å²) in [5.41, 5.74) is 5.07. The molecule has 0 aromatic rings. The summed E-state index contributed by atoms with van der Waals surface area (Å²) >= 11 is 0. The molecule has 7 N–H and O–H groups in total. The van der Waals surface area contributed by atoms with Crippen molar-refractivity contribution >= 4 is 25.4 Å². The van der Waals surface area contributed by atoms with Crippen molar-refractivity contribution in [2.75, 3.05) is 6.54 Å². The maximum atomic E-state index is 11.4. The Morgan fingerprint density at radius 1 is 1.14 bits per heavy atom. The summed E-state index contributed by atoms with van der Waals surface area (Å²) in [4.78, 5) is 51.1. The van der Waals surface area contributed by atoms with E-state index in [1.54, 1.807) is 0 Å². The Bertz CT molecular complexity index is 451. The second kappa shape index (κ2) is 9.52. The molecule has 0 heterocycles. The first-order valence-electron chi connectivity index (χ1n) is 6.64. The van der Waals surface area contributed by atoms with Gasteiger partial charge in [0, 0.05) is 6.42 Å². The van der Waals surface area contributed by atoms with E-state index in [-0.39, 0.29) is 19.4 Å². The normalized spacial score (nSPS) is 14.0. The molecule has 0 spiro atoms. The van der Waals surface area contributed by atoms with Crippen LogP contribution >= 0.6 is 7.60 Å². The summed E-state index contributed by atoms with van der Waals surface area (Å²) in [5, 5.41) is 13.3. The molecule has 128 valence electrons. The molecule has 2 unspecified atom stereocenters. The minimum absolute atomic E-state index is 0.00150. The molecule has 0 saturated carbocycles. The minimum Gasteiger partial charge on any atom is -0.480 e. The van der Waals surface area contributed by atoms with Gasteiger partial charge in [-0.15, -0.1) is 0 Å². The van der Waals surface area contributed by atoms with Gasteiger partial charge in [0.05, 0.1) is 6.54 Å². The Balaban J connectivity index is 4.08. The van der Waals surface area contributed by atoms with Crippen LogP contribution in [0.2, 0.25) is 0 Å². The first-order valence-corrected chi connectivity index (χ1v) is 8.33. The minimum atomic E-state index is -4.37. The predicted molar refractivity (Wildman–Crippen MR) is 76.7 cm³/mol. The van der Waals surface area contributed by atoms with E-state index in [4.69, 9.17) is 20.6 Å². The molecule has 10 nitrogen and oxygen atoms in total. The van der Waals surface area contributed by atoms with Crippen LogP contribution in [0.15, 0.2) is 0 Å². The average molecular weight is 339 g/mol. The number of nitrogens with one attached hydrogen (secondary N) is 2. The van der Waals surface area contributed by atoms with Crippen LogP contribution in [-0.2, 0) is 18.9 Å². The fraction of sp³-hybridized carbons (Fsp3) is 0.727. The molecular weight excluding hydrogens is 317 g/mol.